The first kappa shape index (κ1) is 5.72. The third-order valence-corrected chi connectivity index (χ3v) is 2.87. The van der Waals surface area contributed by atoms with E-state index in [0.717, 1.165) is 12.8 Å². The maximum absolute atomic E-state index is 9.28. The zero-order valence-corrected chi connectivity index (χ0v) is 5.77. The lowest BCUT2D eigenvalue weighted by molar-refractivity contribution is 0.0928. The van der Waals surface area contributed by atoms with Crippen LogP contribution in [0.4, 0.5) is 0 Å². The van der Waals surface area contributed by atoms with Gasteiger partial charge in [0.15, 0.2) is 0 Å². The van der Waals surface area contributed by atoms with Crippen molar-refractivity contribution in [2.75, 3.05) is 0 Å². The first-order chi connectivity index (χ1) is 4.31. The van der Waals surface area contributed by atoms with Gasteiger partial charge in [-0.2, -0.15) is 0 Å². The van der Waals surface area contributed by atoms with Crippen molar-refractivity contribution in [3.05, 3.63) is 0 Å². The van der Waals surface area contributed by atoms with Gasteiger partial charge in [0, 0.05) is 0 Å². The summed E-state index contributed by atoms with van der Waals surface area (Å²) >= 11 is 0. The maximum Gasteiger partial charge on any atom is 0.0545 e. The Bertz CT molecular complexity index is 116. The molecule has 1 spiro atoms. The average Bonchev–Trinajstić information content (AvgIpc) is 2.49. The average molecular weight is 126 g/mol. The molecule has 0 heterocycles. The third-order valence-electron chi connectivity index (χ3n) is 2.87. The Morgan fingerprint density at radius 1 is 1.22 bits per heavy atom. The molecular formula is C8H14O. The van der Waals surface area contributed by atoms with Crippen molar-refractivity contribution in [2.24, 2.45) is 5.41 Å². The minimum atomic E-state index is 0.0428. The van der Waals surface area contributed by atoms with E-state index < -0.39 is 0 Å². The highest BCUT2D eigenvalue weighted by molar-refractivity contribution is 4.96. The Hall–Kier alpha value is -0.0400. The molecule has 9 heavy (non-hydrogen) atoms. The summed E-state index contributed by atoms with van der Waals surface area (Å²) in [5.41, 5.74) is 0.650. The van der Waals surface area contributed by atoms with Crippen molar-refractivity contribution in [3.63, 3.8) is 0 Å². The smallest absolute Gasteiger partial charge is 0.0545 e. The Balaban J connectivity index is 1.96. The first-order valence-electron chi connectivity index (χ1n) is 3.99. The van der Waals surface area contributed by atoms with Gasteiger partial charge in [0.2, 0.25) is 0 Å². The van der Waals surface area contributed by atoms with E-state index in [1.807, 2.05) is 0 Å². The van der Waals surface area contributed by atoms with Crippen molar-refractivity contribution in [1.82, 2.24) is 0 Å². The van der Waals surface area contributed by atoms with Gasteiger partial charge >= 0.3 is 0 Å². The van der Waals surface area contributed by atoms with Crippen LogP contribution in [0, 0.1) is 5.41 Å². The van der Waals surface area contributed by atoms with E-state index in [1.54, 1.807) is 0 Å². The van der Waals surface area contributed by atoms with E-state index in [4.69, 9.17) is 0 Å². The van der Waals surface area contributed by atoms with Gasteiger partial charge in [-0.15, -0.1) is 0 Å². The van der Waals surface area contributed by atoms with Crippen LogP contribution in [0.15, 0.2) is 0 Å². The number of hydrogen-bond donors (Lipinski definition) is 1. The summed E-state index contributed by atoms with van der Waals surface area (Å²) in [5.74, 6) is 0. The van der Waals surface area contributed by atoms with Crippen molar-refractivity contribution in [3.8, 4) is 0 Å². The van der Waals surface area contributed by atoms with Crippen LogP contribution in [0.2, 0.25) is 0 Å². The molecule has 1 heteroatoms. The molecule has 1 N–H and O–H groups in total. The fraction of sp³-hybridized carbons (Fsp3) is 1.00. The summed E-state index contributed by atoms with van der Waals surface area (Å²) in [5, 5.41) is 9.28. The molecule has 0 saturated heterocycles. The van der Waals surface area contributed by atoms with Crippen LogP contribution in [0.1, 0.15) is 38.5 Å². The molecule has 0 amide bonds. The molecule has 1 atom stereocenters. The molecule has 2 rings (SSSR count). The third kappa shape index (κ3) is 0.983. The minimum Gasteiger partial charge on any atom is -0.393 e. The molecule has 0 aromatic carbocycles. The SMILES string of the molecule is OC1CCCC2(CC2)C1. The van der Waals surface area contributed by atoms with Gasteiger partial charge in [0.1, 0.15) is 0 Å². The van der Waals surface area contributed by atoms with Crippen LogP contribution in [0.5, 0.6) is 0 Å². The van der Waals surface area contributed by atoms with Crippen molar-refractivity contribution in [1.29, 1.82) is 0 Å². The lowest BCUT2D eigenvalue weighted by atomic mass is 9.85. The molecule has 1 nitrogen and oxygen atoms in total. The number of aliphatic hydroxyl groups excluding tert-OH is 1. The summed E-state index contributed by atoms with van der Waals surface area (Å²) in [7, 11) is 0. The van der Waals surface area contributed by atoms with E-state index in [2.05, 4.69) is 0 Å². The molecule has 0 bridgehead atoms. The van der Waals surface area contributed by atoms with Gasteiger partial charge in [-0.25, -0.2) is 0 Å². The van der Waals surface area contributed by atoms with Gasteiger partial charge in [0.25, 0.3) is 0 Å². The molecule has 0 aromatic heterocycles. The Morgan fingerprint density at radius 3 is 2.44 bits per heavy atom. The van der Waals surface area contributed by atoms with Gasteiger partial charge in [0.05, 0.1) is 6.10 Å². The summed E-state index contributed by atoms with van der Waals surface area (Å²) < 4.78 is 0. The second-order valence-electron chi connectivity index (χ2n) is 3.75. The number of aliphatic hydroxyl groups is 1. The van der Waals surface area contributed by atoms with Gasteiger partial charge in [-0.1, -0.05) is 6.42 Å². The molecule has 2 saturated carbocycles. The fourth-order valence-electron chi connectivity index (χ4n) is 2.05. The normalized spacial score (nSPS) is 39.0. The minimum absolute atomic E-state index is 0.0428. The summed E-state index contributed by atoms with van der Waals surface area (Å²) in [4.78, 5) is 0. The second-order valence-corrected chi connectivity index (χ2v) is 3.75. The van der Waals surface area contributed by atoms with Crippen LogP contribution in [-0.4, -0.2) is 11.2 Å². The molecule has 1 unspecified atom stereocenters. The van der Waals surface area contributed by atoms with Gasteiger partial charge in [-0.05, 0) is 37.5 Å². The largest absolute Gasteiger partial charge is 0.393 e. The van der Waals surface area contributed by atoms with Crippen LogP contribution in [-0.2, 0) is 0 Å². The van der Waals surface area contributed by atoms with E-state index in [9.17, 15) is 5.11 Å². The molecule has 2 aliphatic carbocycles. The summed E-state index contributed by atoms with van der Waals surface area (Å²) in [6.07, 6.45) is 7.65. The van der Waals surface area contributed by atoms with Crippen LogP contribution in [0.3, 0.4) is 0 Å². The van der Waals surface area contributed by atoms with Crippen molar-refractivity contribution < 1.29 is 5.11 Å². The Morgan fingerprint density at radius 2 is 2.00 bits per heavy atom. The van der Waals surface area contributed by atoms with Crippen molar-refractivity contribution in [2.45, 2.75) is 44.6 Å². The zero-order valence-electron chi connectivity index (χ0n) is 5.77. The highest BCUT2D eigenvalue weighted by Gasteiger charge is 2.45. The fourth-order valence-corrected chi connectivity index (χ4v) is 2.05. The van der Waals surface area contributed by atoms with Gasteiger partial charge in [-0.3, -0.25) is 0 Å². The highest BCUT2D eigenvalue weighted by atomic mass is 16.3. The molecule has 0 radical (unpaired) electrons. The number of hydrogen-bond acceptors (Lipinski definition) is 1. The molecule has 52 valence electrons. The number of rotatable bonds is 0. The predicted octanol–water partition coefficient (Wildman–Crippen LogP) is 1.70. The van der Waals surface area contributed by atoms with Crippen LogP contribution < -0.4 is 0 Å². The standard InChI is InChI=1S/C8H14O/c9-7-2-1-3-8(6-7)4-5-8/h7,9H,1-6H2. The topological polar surface area (TPSA) is 20.2 Å². The second kappa shape index (κ2) is 1.72. The molecule has 0 aliphatic heterocycles. The molecule has 0 aromatic rings. The predicted molar refractivity (Wildman–Crippen MR) is 36.1 cm³/mol. The summed E-state index contributed by atoms with van der Waals surface area (Å²) in [6, 6.07) is 0. The van der Waals surface area contributed by atoms with E-state index in [1.165, 1.54) is 25.7 Å². The molecule has 2 aliphatic rings. The maximum atomic E-state index is 9.28. The van der Waals surface area contributed by atoms with Crippen LogP contribution in [0.25, 0.3) is 0 Å². The lowest BCUT2D eigenvalue weighted by Gasteiger charge is -2.24. The van der Waals surface area contributed by atoms with E-state index in [-0.39, 0.29) is 6.10 Å². The van der Waals surface area contributed by atoms with Crippen LogP contribution >= 0.6 is 0 Å². The van der Waals surface area contributed by atoms with E-state index in [0.29, 0.717) is 5.41 Å². The zero-order chi connectivity index (χ0) is 6.32. The highest BCUT2D eigenvalue weighted by Crippen LogP contribution is 2.55. The Kier molecular flexibility index (Phi) is 1.10. The Labute approximate surface area is 56.1 Å². The van der Waals surface area contributed by atoms with E-state index >= 15 is 0 Å². The summed E-state index contributed by atoms with van der Waals surface area (Å²) in [6.45, 7) is 0. The van der Waals surface area contributed by atoms with Crippen molar-refractivity contribution >= 4 is 0 Å². The monoisotopic (exact) mass is 126 g/mol. The molecule has 2 fully saturated rings. The first-order valence-corrected chi connectivity index (χ1v) is 3.99. The quantitative estimate of drug-likeness (QED) is 0.523. The van der Waals surface area contributed by atoms with Gasteiger partial charge < -0.3 is 5.11 Å². The lowest BCUT2D eigenvalue weighted by Crippen LogP contribution is -2.19. The molecular weight excluding hydrogens is 112 g/mol.